The van der Waals surface area contributed by atoms with Crippen molar-refractivity contribution in [1.29, 1.82) is 0 Å². The molecule has 0 aromatic heterocycles. The number of nitrogen functional groups attached to an aromatic ring is 1. The third-order valence-electron chi connectivity index (χ3n) is 3.03. The first-order valence-corrected chi connectivity index (χ1v) is 11.0. The zero-order chi connectivity index (χ0) is 19.8. The molecule has 0 radical (unpaired) electrons. The van der Waals surface area contributed by atoms with Crippen molar-refractivity contribution in [3.8, 4) is 5.75 Å². The summed E-state index contributed by atoms with van der Waals surface area (Å²) in [6.45, 7) is -0.881. The lowest BCUT2D eigenvalue weighted by atomic mass is 10.1. The number of sulfone groups is 1. The maximum Gasteiger partial charge on any atom is 0.446 e. The fourth-order valence-electron chi connectivity index (χ4n) is 2.10. The Bertz CT molecular complexity index is 1150. The van der Waals surface area contributed by atoms with Gasteiger partial charge in [-0.2, -0.15) is 16.8 Å². The molecule has 0 spiro atoms. The van der Waals surface area contributed by atoms with E-state index in [0.717, 1.165) is 12.1 Å². The number of fused-ring (bicyclic) bond motifs is 1. The maximum absolute atomic E-state index is 12.5. The third-order valence-corrected chi connectivity index (χ3v) is 5.61. The Morgan fingerprint density at radius 1 is 0.923 bits per heavy atom. The molecule has 0 atom stereocenters. The fourth-order valence-corrected chi connectivity index (χ4v) is 4.17. The molecular formula is C12H13NO10S3. The van der Waals surface area contributed by atoms with Gasteiger partial charge in [0.25, 0.3) is 0 Å². The van der Waals surface area contributed by atoms with Crippen molar-refractivity contribution in [2.75, 3.05) is 18.1 Å². The third kappa shape index (κ3) is 5.52. The lowest BCUT2D eigenvalue weighted by Crippen LogP contribution is -2.16. The SMILES string of the molecule is Nc1ccc2cc(OS(=O)(=O)O)cc(S(=O)(=O)CCOS(=O)(=O)O)c2c1. The van der Waals surface area contributed by atoms with Crippen molar-refractivity contribution in [2.24, 2.45) is 0 Å². The highest BCUT2D eigenvalue weighted by atomic mass is 32.3. The minimum absolute atomic E-state index is 0.111. The van der Waals surface area contributed by atoms with E-state index < -0.39 is 53.6 Å². The van der Waals surface area contributed by atoms with Gasteiger partial charge in [0, 0.05) is 17.1 Å². The molecule has 14 heteroatoms. The molecule has 0 aliphatic carbocycles. The van der Waals surface area contributed by atoms with Gasteiger partial charge in [0.15, 0.2) is 9.84 Å². The van der Waals surface area contributed by atoms with E-state index in [9.17, 15) is 25.3 Å². The molecule has 0 saturated heterocycles. The van der Waals surface area contributed by atoms with Crippen LogP contribution in [0.4, 0.5) is 5.69 Å². The Balaban J connectivity index is 2.56. The van der Waals surface area contributed by atoms with Crippen LogP contribution in [0.3, 0.4) is 0 Å². The second-order valence-electron chi connectivity index (χ2n) is 4.98. The second-order valence-corrected chi connectivity index (χ2v) is 9.17. The van der Waals surface area contributed by atoms with Gasteiger partial charge in [-0.1, -0.05) is 6.07 Å². The summed E-state index contributed by atoms with van der Waals surface area (Å²) < 4.78 is 93.4. The lowest BCUT2D eigenvalue weighted by Gasteiger charge is -2.11. The first kappa shape index (κ1) is 20.3. The predicted octanol–water partition coefficient (Wildman–Crippen LogP) is 0.197. The molecule has 0 bridgehead atoms. The van der Waals surface area contributed by atoms with Gasteiger partial charge >= 0.3 is 20.8 Å². The summed E-state index contributed by atoms with van der Waals surface area (Å²) in [5, 5.41) is 0.342. The Morgan fingerprint density at radius 2 is 1.58 bits per heavy atom. The van der Waals surface area contributed by atoms with Crippen LogP contribution in [0.25, 0.3) is 10.8 Å². The van der Waals surface area contributed by atoms with E-state index in [0.29, 0.717) is 0 Å². The van der Waals surface area contributed by atoms with Crippen molar-refractivity contribution in [2.45, 2.75) is 4.90 Å². The summed E-state index contributed by atoms with van der Waals surface area (Å²) in [7, 11) is -14.0. The topological polar surface area (TPSA) is 187 Å². The minimum atomic E-state index is -4.91. The first-order valence-electron chi connectivity index (χ1n) is 6.62. The molecule has 0 saturated carbocycles. The van der Waals surface area contributed by atoms with Crippen LogP contribution in [0, 0.1) is 0 Å². The van der Waals surface area contributed by atoms with Gasteiger partial charge in [-0.3, -0.25) is 9.11 Å². The number of rotatable bonds is 7. The van der Waals surface area contributed by atoms with Crippen LogP contribution >= 0.6 is 0 Å². The van der Waals surface area contributed by atoms with Gasteiger partial charge in [-0.05, 0) is 23.6 Å². The molecule has 0 amide bonds. The molecule has 0 heterocycles. The van der Waals surface area contributed by atoms with Gasteiger partial charge in [-0.25, -0.2) is 12.6 Å². The molecule has 26 heavy (non-hydrogen) atoms. The van der Waals surface area contributed by atoms with E-state index in [-0.39, 0.29) is 16.5 Å². The average molecular weight is 427 g/mol. The van der Waals surface area contributed by atoms with Gasteiger partial charge in [0.2, 0.25) is 0 Å². The number of hydrogen-bond donors (Lipinski definition) is 3. The van der Waals surface area contributed by atoms with E-state index in [2.05, 4.69) is 8.37 Å². The Morgan fingerprint density at radius 3 is 2.15 bits per heavy atom. The molecule has 11 nitrogen and oxygen atoms in total. The summed E-state index contributed by atoms with van der Waals surface area (Å²) in [5.41, 5.74) is 5.85. The minimum Gasteiger partial charge on any atom is -0.399 e. The molecule has 0 fully saturated rings. The molecule has 2 aromatic carbocycles. The number of benzene rings is 2. The zero-order valence-corrected chi connectivity index (χ0v) is 15.2. The highest BCUT2D eigenvalue weighted by Gasteiger charge is 2.22. The Labute approximate surface area is 149 Å². The van der Waals surface area contributed by atoms with E-state index in [1.165, 1.54) is 18.2 Å². The lowest BCUT2D eigenvalue weighted by molar-refractivity contribution is 0.284. The summed E-state index contributed by atoms with van der Waals surface area (Å²) in [6.07, 6.45) is 0. The van der Waals surface area contributed by atoms with E-state index in [1.807, 2.05) is 0 Å². The van der Waals surface area contributed by atoms with Crippen LogP contribution in [0.5, 0.6) is 5.75 Å². The van der Waals surface area contributed by atoms with E-state index in [4.69, 9.17) is 14.8 Å². The molecule has 0 aliphatic heterocycles. The monoisotopic (exact) mass is 427 g/mol. The largest absolute Gasteiger partial charge is 0.446 e. The van der Waals surface area contributed by atoms with Crippen LogP contribution < -0.4 is 9.92 Å². The number of nitrogens with two attached hydrogens (primary N) is 1. The molecule has 0 aliphatic rings. The maximum atomic E-state index is 12.5. The summed E-state index contributed by atoms with van der Waals surface area (Å²) >= 11 is 0. The Hall–Kier alpha value is -1.97. The van der Waals surface area contributed by atoms with Crippen molar-refractivity contribution in [3.63, 3.8) is 0 Å². The standard InChI is InChI=1S/C12H13NO10S3/c13-9-2-1-8-5-10(23-26(19,20)21)7-12(11(8)6-9)24(14,15)4-3-22-25(16,17)18/h1-2,5-7H,3-4,13H2,(H,16,17,18)(H,19,20,21). The van der Waals surface area contributed by atoms with Crippen molar-refractivity contribution in [3.05, 3.63) is 30.3 Å². The van der Waals surface area contributed by atoms with Gasteiger partial charge < -0.3 is 9.92 Å². The molecule has 2 aromatic rings. The molecule has 2 rings (SSSR count). The van der Waals surface area contributed by atoms with E-state index in [1.54, 1.807) is 0 Å². The van der Waals surface area contributed by atoms with Crippen molar-refractivity contribution >= 4 is 47.1 Å². The van der Waals surface area contributed by atoms with Crippen LogP contribution in [-0.2, 0) is 34.8 Å². The number of anilines is 1. The summed E-state index contributed by atoms with van der Waals surface area (Å²) in [4.78, 5) is -0.431. The van der Waals surface area contributed by atoms with Crippen LogP contribution in [-0.4, -0.2) is 46.7 Å². The van der Waals surface area contributed by atoms with Crippen molar-refractivity contribution in [1.82, 2.24) is 0 Å². The molecule has 0 unspecified atom stereocenters. The van der Waals surface area contributed by atoms with Gasteiger partial charge in [0.1, 0.15) is 5.75 Å². The van der Waals surface area contributed by atoms with Crippen LogP contribution in [0.2, 0.25) is 0 Å². The Kier molecular flexibility index (Phi) is 5.46. The molecular weight excluding hydrogens is 414 g/mol. The van der Waals surface area contributed by atoms with Gasteiger partial charge in [-0.15, -0.1) is 0 Å². The smallest absolute Gasteiger partial charge is 0.399 e. The average Bonchev–Trinajstić information content (AvgIpc) is 2.43. The van der Waals surface area contributed by atoms with E-state index >= 15 is 0 Å². The summed E-state index contributed by atoms with van der Waals surface area (Å²) in [5.74, 6) is -1.34. The normalized spacial score (nSPS) is 13.0. The van der Waals surface area contributed by atoms with Gasteiger partial charge in [0.05, 0.1) is 17.3 Å². The predicted molar refractivity (Wildman–Crippen MR) is 90.1 cm³/mol. The van der Waals surface area contributed by atoms with Crippen LogP contribution in [0.1, 0.15) is 0 Å². The fraction of sp³-hybridized carbons (Fsp3) is 0.167. The highest BCUT2D eigenvalue weighted by molar-refractivity contribution is 7.91. The summed E-state index contributed by atoms with van der Waals surface area (Å²) in [6, 6.07) is 6.13. The second kappa shape index (κ2) is 6.98. The number of hydrogen-bond acceptors (Lipinski definition) is 9. The quantitative estimate of drug-likeness (QED) is 0.404. The molecule has 144 valence electrons. The highest BCUT2D eigenvalue weighted by Crippen LogP contribution is 2.31. The van der Waals surface area contributed by atoms with Crippen LogP contribution in [0.15, 0.2) is 35.2 Å². The first-order chi connectivity index (χ1) is 11.8. The van der Waals surface area contributed by atoms with Crippen molar-refractivity contribution < 1.29 is 42.7 Å². The zero-order valence-electron chi connectivity index (χ0n) is 12.8. The molecule has 4 N–H and O–H groups in total.